The molecule has 5 rings (SSSR count). The maximum atomic E-state index is 5.51. The van der Waals surface area contributed by atoms with Gasteiger partial charge < -0.3 is 14.8 Å². The smallest absolute Gasteiger partial charge is 0.231 e. The molecular formula is C27H30N2O2. The van der Waals surface area contributed by atoms with E-state index in [1.54, 1.807) is 0 Å². The first-order valence-corrected chi connectivity index (χ1v) is 11.2. The van der Waals surface area contributed by atoms with Gasteiger partial charge in [-0.25, -0.2) is 0 Å². The van der Waals surface area contributed by atoms with E-state index in [-0.39, 0.29) is 0 Å². The Morgan fingerprint density at radius 3 is 2.45 bits per heavy atom. The number of ether oxygens (including phenoxy) is 2. The topological polar surface area (TPSA) is 33.7 Å². The van der Waals surface area contributed by atoms with Crippen molar-refractivity contribution < 1.29 is 9.47 Å². The van der Waals surface area contributed by atoms with Crippen LogP contribution in [0, 0.1) is 6.92 Å². The van der Waals surface area contributed by atoms with Gasteiger partial charge in [-0.3, -0.25) is 4.90 Å². The van der Waals surface area contributed by atoms with Crippen LogP contribution in [0.3, 0.4) is 0 Å². The Morgan fingerprint density at radius 1 is 0.871 bits per heavy atom. The van der Waals surface area contributed by atoms with Crippen molar-refractivity contribution in [1.29, 1.82) is 0 Å². The molecule has 1 atom stereocenters. The van der Waals surface area contributed by atoms with Gasteiger partial charge in [0.2, 0.25) is 6.79 Å². The molecule has 0 amide bonds. The molecule has 0 saturated carbocycles. The van der Waals surface area contributed by atoms with E-state index >= 15 is 0 Å². The molecule has 1 N–H and O–H groups in total. The Balaban J connectivity index is 1.23. The van der Waals surface area contributed by atoms with Crippen molar-refractivity contribution in [2.45, 2.75) is 38.4 Å². The number of benzene rings is 3. The summed E-state index contributed by atoms with van der Waals surface area (Å²) in [6, 6.07) is 27.0. The lowest BCUT2D eigenvalue weighted by Gasteiger charge is -2.38. The fourth-order valence-corrected chi connectivity index (χ4v) is 4.76. The third-order valence-electron chi connectivity index (χ3n) is 6.40. The molecule has 3 aromatic rings. The second-order valence-electron chi connectivity index (χ2n) is 8.61. The van der Waals surface area contributed by atoms with Crippen molar-refractivity contribution in [3.8, 4) is 11.5 Å². The summed E-state index contributed by atoms with van der Waals surface area (Å²) in [7, 11) is 0. The average molecular weight is 415 g/mol. The van der Waals surface area contributed by atoms with Crippen LogP contribution < -0.4 is 14.8 Å². The maximum Gasteiger partial charge on any atom is 0.231 e. The molecule has 0 aromatic heterocycles. The van der Waals surface area contributed by atoms with Crippen LogP contribution in [-0.4, -0.2) is 30.8 Å². The van der Waals surface area contributed by atoms with E-state index in [4.69, 9.17) is 9.47 Å². The molecule has 4 nitrogen and oxygen atoms in total. The predicted octanol–water partition coefficient (Wildman–Crippen LogP) is 5.07. The van der Waals surface area contributed by atoms with Crippen molar-refractivity contribution in [1.82, 2.24) is 10.2 Å². The lowest BCUT2D eigenvalue weighted by Crippen LogP contribution is -2.43. The van der Waals surface area contributed by atoms with Crippen molar-refractivity contribution >= 4 is 0 Å². The Bertz CT molecular complexity index is 1010. The highest BCUT2D eigenvalue weighted by Crippen LogP contribution is 2.33. The summed E-state index contributed by atoms with van der Waals surface area (Å²) in [4.78, 5) is 2.64. The lowest BCUT2D eigenvalue weighted by molar-refractivity contribution is 0.162. The summed E-state index contributed by atoms with van der Waals surface area (Å²) in [6.07, 6.45) is 2.30. The largest absolute Gasteiger partial charge is 0.454 e. The Morgan fingerprint density at radius 2 is 1.65 bits per heavy atom. The van der Waals surface area contributed by atoms with Gasteiger partial charge in [0.25, 0.3) is 0 Å². The molecule has 1 fully saturated rings. The van der Waals surface area contributed by atoms with Crippen LogP contribution >= 0.6 is 0 Å². The third kappa shape index (κ3) is 4.60. The number of piperidine rings is 1. The van der Waals surface area contributed by atoms with Crippen LogP contribution in [-0.2, 0) is 6.54 Å². The first-order chi connectivity index (χ1) is 15.3. The van der Waals surface area contributed by atoms with Gasteiger partial charge in [-0.05, 0) is 48.6 Å². The fourth-order valence-electron chi connectivity index (χ4n) is 4.76. The first-order valence-electron chi connectivity index (χ1n) is 11.2. The van der Waals surface area contributed by atoms with Crippen LogP contribution in [0.2, 0.25) is 0 Å². The van der Waals surface area contributed by atoms with E-state index in [9.17, 15) is 0 Å². The molecule has 2 aliphatic heterocycles. The number of fused-ring (bicyclic) bond motifs is 1. The third-order valence-corrected chi connectivity index (χ3v) is 6.40. The molecule has 0 radical (unpaired) electrons. The Labute approximate surface area is 184 Å². The zero-order valence-electron chi connectivity index (χ0n) is 18.1. The van der Waals surface area contributed by atoms with Crippen LogP contribution in [0.4, 0.5) is 0 Å². The van der Waals surface area contributed by atoms with Crippen molar-refractivity contribution in [3.05, 3.63) is 95.1 Å². The molecule has 1 saturated heterocycles. The summed E-state index contributed by atoms with van der Waals surface area (Å²) in [5.74, 6) is 1.71. The fraction of sp³-hybridized carbons (Fsp3) is 0.333. The second kappa shape index (κ2) is 9.13. The van der Waals surface area contributed by atoms with E-state index in [1.165, 1.54) is 22.3 Å². The Kier molecular flexibility index (Phi) is 5.92. The van der Waals surface area contributed by atoms with E-state index in [0.29, 0.717) is 18.9 Å². The minimum absolute atomic E-state index is 0.316. The highest BCUT2D eigenvalue weighted by atomic mass is 16.7. The molecule has 3 aromatic carbocycles. The summed E-state index contributed by atoms with van der Waals surface area (Å²) in [6.45, 7) is 5.55. The molecular weight excluding hydrogens is 384 g/mol. The number of aryl methyl sites for hydroxylation is 1. The molecule has 31 heavy (non-hydrogen) atoms. The van der Waals surface area contributed by atoms with Gasteiger partial charge in [-0.2, -0.15) is 0 Å². The molecule has 2 aliphatic rings. The SMILES string of the molecule is Cc1cccc(C(c2ccccc2)N2CCC(NCc3ccc4c(c3)OCO4)CC2)c1. The first kappa shape index (κ1) is 20.1. The lowest BCUT2D eigenvalue weighted by atomic mass is 9.93. The number of nitrogens with one attached hydrogen (secondary N) is 1. The van der Waals surface area contributed by atoms with Gasteiger partial charge in [0.05, 0.1) is 6.04 Å². The van der Waals surface area contributed by atoms with Crippen molar-refractivity contribution in [2.24, 2.45) is 0 Å². The molecule has 2 heterocycles. The van der Waals surface area contributed by atoms with Gasteiger partial charge in [0, 0.05) is 25.7 Å². The van der Waals surface area contributed by atoms with E-state index in [1.807, 2.05) is 6.07 Å². The predicted molar refractivity (Wildman–Crippen MR) is 123 cm³/mol. The summed E-state index contributed by atoms with van der Waals surface area (Å²) < 4.78 is 10.9. The monoisotopic (exact) mass is 414 g/mol. The quantitative estimate of drug-likeness (QED) is 0.611. The van der Waals surface area contributed by atoms with Gasteiger partial charge in [-0.1, -0.05) is 66.2 Å². The standard InChI is InChI=1S/C27H30N2O2/c1-20-6-5-9-23(16-20)27(22-7-3-2-4-8-22)29-14-12-24(13-15-29)28-18-21-10-11-25-26(17-21)31-19-30-25/h2-11,16-17,24,27-28H,12-15,18-19H2,1H3. The highest BCUT2D eigenvalue weighted by molar-refractivity contribution is 5.44. The molecule has 160 valence electrons. The zero-order valence-corrected chi connectivity index (χ0v) is 18.1. The van der Waals surface area contributed by atoms with Gasteiger partial charge >= 0.3 is 0 Å². The van der Waals surface area contributed by atoms with E-state index in [2.05, 4.69) is 83.9 Å². The van der Waals surface area contributed by atoms with Gasteiger partial charge in [0.1, 0.15) is 0 Å². The van der Waals surface area contributed by atoms with Crippen molar-refractivity contribution in [3.63, 3.8) is 0 Å². The number of hydrogen-bond donors (Lipinski definition) is 1. The number of likely N-dealkylation sites (tertiary alicyclic amines) is 1. The van der Waals surface area contributed by atoms with E-state index in [0.717, 1.165) is 44.0 Å². The molecule has 0 bridgehead atoms. The highest BCUT2D eigenvalue weighted by Gasteiger charge is 2.27. The summed E-state index contributed by atoms with van der Waals surface area (Å²) in [5, 5.41) is 3.75. The Hall–Kier alpha value is -2.82. The average Bonchev–Trinajstić information content (AvgIpc) is 3.28. The van der Waals surface area contributed by atoms with Crippen LogP contribution in [0.5, 0.6) is 11.5 Å². The molecule has 0 spiro atoms. The summed E-state index contributed by atoms with van der Waals surface area (Å²) in [5.41, 5.74) is 5.32. The van der Waals surface area contributed by atoms with Crippen LogP contribution in [0.25, 0.3) is 0 Å². The minimum atomic E-state index is 0.316. The van der Waals surface area contributed by atoms with Gasteiger partial charge in [0.15, 0.2) is 11.5 Å². The van der Waals surface area contributed by atoms with E-state index < -0.39 is 0 Å². The minimum Gasteiger partial charge on any atom is -0.454 e. The molecule has 1 unspecified atom stereocenters. The normalized spacial score (nSPS) is 17.6. The molecule has 4 heteroatoms. The number of hydrogen-bond acceptors (Lipinski definition) is 4. The second-order valence-corrected chi connectivity index (χ2v) is 8.61. The van der Waals surface area contributed by atoms with Gasteiger partial charge in [-0.15, -0.1) is 0 Å². The number of rotatable bonds is 6. The van der Waals surface area contributed by atoms with Crippen LogP contribution in [0.1, 0.15) is 41.1 Å². The summed E-state index contributed by atoms with van der Waals surface area (Å²) >= 11 is 0. The molecule has 0 aliphatic carbocycles. The number of nitrogens with zero attached hydrogens (tertiary/aromatic N) is 1. The van der Waals surface area contributed by atoms with Crippen molar-refractivity contribution in [2.75, 3.05) is 19.9 Å². The van der Waals surface area contributed by atoms with Crippen LogP contribution in [0.15, 0.2) is 72.8 Å². The zero-order chi connectivity index (χ0) is 21.0. The maximum absolute atomic E-state index is 5.51.